The minimum absolute atomic E-state index is 0.347. The maximum absolute atomic E-state index is 9.89. The van der Waals surface area contributed by atoms with Gasteiger partial charge < -0.3 is 0 Å². The topological polar surface area (TPSA) is 152 Å². The average Bonchev–Trinajstić information content (AvgIpc) is 2.03. The molecule has 0 aliphatic carbocycles. The van der Waals surface area contributed by atoms with Gasteiger partial charge in [0.1, 0.15) is 5.23 Å². The second-order valence-corrected chi connectivity index (χ2v) is 1.16. The van der Waals surface area contributed by atoms with Crippen LogP contribution in [-0.4, -0.2) is 15.4 Å². The van der Waals surface area contributed by atoms with E-state index in [1.165, 1.54) is 0 Å². The van der Waals surface area contributed by atoms with Crippen molar-refractivity contribution in [3.63, 3.8) is 0 Å². The van der Waals surface area contributed by atoms with Crippen LogP contribution in [0, 0.1) is 26.5 Å². The molecule has 0 fully saturated rings. The molecular weight excluding hydrogens is 172 g/mol. The molecule has 0 saturated carbocycles. The van der Waals surface area contributed by atoms with Gasteiger partial charge in [-0.15, -0.1) is 5.53 Å². The third-order valence-electron chi connectivity index (χ3n) is 0.607. The average molecular weight is 172 g/mol. The van der Waals surface area contributed by atoms with Crippen LogP contribution in [-0.2, 0) is 0 Å². The molecule has 0 bridgehead atoms. The smallest absolute Gasteiger partial charge is 0.231 e. The van der Waals surface area contributed by atoms with Crippen LogP contribution in [0.3, 0.4) is 0 Å². The molecule has 0 radical (unpaired) electrons. The Hall–Kier alpha value is -2.60. The summed E-state index contributed by atoms with van der Waals surface area (Å²) >= 11 is 0. The molecule has 11 heteroatoms. The zero-order valence-corrected chi connectivity index (χ0v) is 5.30. The van der Waals surface area contributed by atoms with Gasteiger partial charge in [0, 0.05) is 5.22 Å². The molecule has 11 nitrogen and oxygen atoms in total. The first-order valence-electron chi connectivity index (χ1n) is 2.19. The number of hydrazine groups is 2. The lowest BCUT2D eigenvalue weighted by Crippen LogP contribution is -2.35. The van der Waals surface area contributed by atoms with E-state index in [9.17, 15) is 15.0 Å². The molecule has 0 aliphatic heterocycles. The van der Waals surface area contributed by atoms with Crippen molar-refractivity contribution in [3.05, 3.63) is 25.5 Å². The second-order valence-electron chi connectivity index (χ2n) is 1.16. The summed E-state index contributed by atoms with van der Waals surface area (Å²) in [7, 11) is 0. The molecule has 0 aromatic heterocycles. The van der Waals surface area contributed by atoms with Crippen LogP contribution in [0.25, 0.3) is 10.4 Å². The van der Waals surface area contributed by atoms with Crippen LogP contribution in [0.5, 0.6) is 0 Å². The number of nitroso groups, excluding NO2 is 1. The van der Waals surface area contributed by atoms with Crippen LogP contribution >= 0.6 is 0 Å². The van der Waals surface area contributed by atoms with Crippen LogP contribution in [0.4, 0.5) is 0 Å². The molecule has 0 N–H and O–H groups in total. The first-order chi connectivity index (χ1) is 5.67. The van der Waals surface area contributed by atoms with Gasteiger partial charge in [-0.05, 0) is 0 Å². The van der Waals surface area contributed by atoms with Crippen LogP contribution in [0.2, 0.25) is 0 Å². The SMILES string of the molecule is N#CN(N(N=O)N=[N+]=[N-])[N+](=O)[O-]. The lowest BCUT2D eigenvalue weighted by molar-refractivity contribution is -0.680. The molecule has 0 amide bonds. The fourth-order valence-corrected chi connectivity index (χ4v) is 0.266. The number of hydrogen-bond donors (Lipinski definition) is 0. The zero-order chi connectivity index (χ0) is 9.56. The van der Waals surface area contributed by atoms with E-state index in [-0.39, 0.29) is 5.23 Å². The third kappa shape index (κ3) is 1.97. The van der Waals surface area contributed by atoms with Gasteiger partial charge >= 0.3 is 0 Å². The Labute approximate surface area is 64.0 Å². The summed E-state index contributed by atoms with van der Waals surface area (Å²) in [5, 5.41) is 20.2. The van der Waals surface area contributed by atoms with E-state index in [2.05, 4.69) is 5.22 Å². The molecule has 0 unspecified atom stereocenters. The summed E-state index contributed by atoms with van der Waals surface area (Å²) in [4.78, 5) is 21.6. The number of rotatable bonds is 4. The van der Waals surface area contributed by atoms with E-state index in [0.717, 1.165) is 6.19 Å². The monoisotopic (exact) mass is 172 g/mol. The summed E-state index contributed by atoms with van der Waals surface area (Å²) in [5.74, 6) is 0. The largest absolute Gasteiger partial charge is 0.298 e. The summed E-state index contributed by atoms with van der Waals surface area (Å²) < 4.78 is 0. The molecular formula is CN8O3. The van der Waals surface area contributed by atoms with Gasteiger partial charge in [-0.2, -0.15) is 10.2 Å². The van der Waals surface area contributed by atoms with Gasteiger partial charge in [0.05, 0.1) is 0 Å². The van der Waals surface area contributed by atoms with Crippen LogP contribution in [0.1, 0.15) is 0 Å². The van der Waals surface area contributed by atoms with Crippen molar-refractivity contribution in [3.8, 4) is 6.19 Å². The molecule has 0 rings (SSSR count). The van der Waals surface area contributed by atoms with Crippen molar-refractivity contribution in [1.29, 1.82) is 5.26 Å². The normalized spacial score (nSPS) is 7.25. The highest BCUT2D eigenvalue weighted by atomic mass is 16.7. The predicted molar refractivity (Wildman–Crippen MR) is 31.2 cm³/mol. The number of nitrogens with zero attached hydrogens (tertiary/aromatic N) is 8. The number of azide groups is 1. The van der Waals surface area contributed by atoms with Gasteiger partial charge in [0.2, 0.25) is 5.03 Å². The highest BCUT2D eigenvalue weighted by Crippen LogP contribution is 1.97. The highest BCUT2D eigenvalue weighted by Gasteiger charge is 2.28. The van der Waals surface area contributed by atoms with Gasteiger partial charge in [0.15, 0.2) is 10.4 Å². The molecule has 62 valence electrons. The lowest BCUT2D eigenvalue weighted by atomic mass is 11.3. The van der Waals surface area contributed by atoms with Gasteiger partial charge in [-0.3, -0.25) is 0 Å². The zero-order valence-electron chi connectivity index (χ0n) is 5.30. The second kappa shape index (κ2) is 4.25. The van der Waals surface area contributed by atoms with Gasteiger partial charge in [0.25, 0.3) is 6.19 Å². The molecule has 12 heavy (non-hydrogen) atoms. The van der Waals surface area contributed by atoms with Crippen molar-refractivity contribution >= 4 is 0 Å². The first kappa shape index (κ1) is 9.40. The first-order valence-corrected chi connectivity index (χ1v) is 2.19. The molecule has 0 aromatic carbocycles. The minimum atomic E-state index is -1.28. The Bertz CT molecular complexity index is 271. The summed E-state index contributed by atoms with van der Waals surface area (Å²) in [6.07, 6.45) is 0.939. The number of nitro groups is 1. The summed E-state index contributed by atoms with van der Waals surface area (Å²) in [6, 6.07) is 0. The Morgan fingerprint density at radius 1 is 1.75 bits per heavy atom. The fourth-order valence-electron chi connectivity index (χ4n) is 0.266. The van der Waals surface area contributed by atoms with Crippen molar-refractivity contribution in [2.75, 3.05) is 0 Å². The van der Waals surface area contributed by atoms with Crippen molar-refractivity contribution in [2.45, 2.75) is 0 Å². The summed E-state index contributed by atoms with van der Waals surface area (Å²) in [5.41, 5.74) is 7.75. The Kier molecular flexibility index (Phi) is 3.33. The lowest BCUT2D eigenvalue weighted by Gasteiger charge is -2.00. The van der Waals surface area contributed by atoms with Crippen molar-refractivity contribution < 1.29 is 5.03 Å². The van der Waals surface area contributed by atoms with E-state index in [0.29, 0.717) is 0 Å². The molecule has 0 atom stereocenters. The molecule has 0 aliphatic rings. The van der Waals surface area contributed by atoms with E-state index < -0.39 is 10.2 Å². The van der Waals surface area contributed by atoms with E-state index in [1.54, 1.807) is 0 Å². The van der Waals surface area contributed by atoms with E-state index in [4.69, 9.17) is 10.8 Å². The third-order valence-corrected chi connectivity index (χ3v) is 0.607. The van der Waals surface area contributed by atoms with Gasteiger partial charge in [-0.25, -0.2) is 10.1 Å². The Morgan fingerprint density at radius 2 is 2.33 bits per heavy atom. The number of hydrogen-bond acceptors (Lipinski definition) is 6. The summed E-state index contributed by atoms with van der Waals surface area (Å²) in [6.45, 7) is 0. The van der Waals surface area contributed by atoms with Crippen molar-refractivity contribution in [2.24, 2.45) is 10.5 Å². The molecule has 0 spiro atoms. The van der Waals surface area contributed by atoms with Gasteiger partial charge in [-0.1, -0.05) is 4.91 Å². The van der Waals surface area contributed by atoms with E-state index in [1.807, 2.05) is 10.2 Å². The Balaban J connectivity index is 4.69. The number of nitriles is 1. The standard InChI is InChI=1S/CN8O3/c2-1-7(9(11)12)8(6-10)5-4-3. The van der Waals surface area contributed by atoms with Crippen LogP contribution in [0.15, 0.2) is 10.5 Å². The highest BCUT2D eigenvalue weighted by molar-refractivity contribution is 4.58. The quantitative estimate of drug-likeness (QED) is 0.0855. The molecule has 0 aromatic rings. The predicted octanol–water partition coefficient (Wildman–Crippen LogP) is 0.0849. The molecule has 0 saturated heterocycles. The van der Waals surface area contributed by atoms with Crippen molar-refractivity contribution in [1.82, 2.24) is 10.3 Å². The molecule has 0 heterocycles. The minimum Gasteiger partial charge on any atom is -0.231 e. The van der Waals surface area contributed by atoms with Crippen LogP contribution < -0.4 is 0 Å². The maximum atomic E-state index is 9.89. The maximum Gasteiger partial charge on any atom is 0.298 e. The fraction of sp³-hybridized carbons (Fsp3) is 0. The Morgan fingerprint density at radius 3 is 2.58 bits per heavy atom. The van der Waals surface area contributed by atoms with E-state index >= 15 is 0 Å².